The Morgan fingerprint density at radius 1 is 1.41 bits per heavy atom. The highest BCUT2D eigenvalue weighted by molar-refractivity contribution is 7.09. The number of nitrogens with zero attached hydrogens (tertiary/aromatic N) is 5. The van der Waals surface area contributed by atoms with Crippen molar-refractivity contribution >= 4 is 22.9 Å². The number of hydrogen-bond donors (Lipinski definition) is 0. The fraction of sp³-hybridized carbons (Fsp3) is 0.533. The molecule has 0 spiro atoms. The zero-order valence-corrected chi connectivity index (χ0v) is 13.6. The maximum absolute atomic E-state index is 12.4. The fourth-order valence-electron chi connectivity index (χ4n) is 3.68. The molecule has 1 amide bonds. The number of thiazole rings is 1. The van der Waals surface area contributed by atoms with Crippen LogP contribution >= 0.6 is 11.3 Å². The highest BCUT2D eigenvalue weighted by atomic mass is 32.1. The second-order valence-corrected chi connectivity index (χ2v) is 7.15. The molecule has 7 heteroatoms. The summed E-state index contributed by atoms with van der Waals surface area (Å²) in [6.45, 7) is 3.90. The predicted octanol–water partition coefficient (Wildman–Crippen LogP) is 1.56. The molecule has 2 aliphatic rings. The van der Waals surface area contributed by atoms with Crippen LogP contribution < -0.4 is 4.90 Å². The van der Waals surface area contributed by atoms with E-state index in [1.165, 1.54) is 0 Å². The summed E-state index contributed by atoms with van der Waals surface area (Å²) < 4.78 is 1.75. The average molecular weight is 317 g/mol. The van der Waals surface area contributed by atoms with Crippen molar-refractivity contribution in [1.82, 2.24) is 19.7 Å². The average Bonchev–Trinajstić information content (AvgIpc) is 3.20. The molecule has 6 nitrogen and oxygen atoms in total. The van der Waals surface area contributed by atoms with Crippen LogP contribution in [0.15, 0.2) is 17.8 Å². The molecule has 0 radical (unpaired) electrons. The second-order valence-electron chi connectivity index (χ2n) is 6.09. The Balaban J connectivity index is 1.54. The molecule has 2 aliphatic heterocycles. The second kappa shape index (κ2) is 5.17. The van der Waals surface area contributed by atoms with Crippen molar-refractivity contribution in [2.24, 2.45) is 7.05 Å². The Kier molecular flexibility index (Phi) is 3.27. The number of fused-ring (bicyclic) bond motifs is 1. The maximum atomic E-state index is 12.4. The van der Waals surface area contributed by atoms with E-state index in [4.69, 9.17) is 0 Å². The topological polar surface area (TPSA) is 54.3 Å². The van der Waals surface area contributed by atoms with Crippen LogP contribution in [0.25, 0.3) is 0 Å². The molecule has 22 heavy (non-hydrogen) atoms. The zero-order valence-electron chi connectivity index (χ0n) is 12.8. The van der Waals surface area contributed by atoms with Gasteiger partial charge in [-0.3, -0.25) is 14.4 Å². The Hall–Kier alpha value is -1.73. The van der Waals surface area contributed by atoms with Crippen LogP contribution in [0.4, 0.5) is 5.69 Å². The Morgan fingerprint density at radius 2 is 2.27 bits per heavy atom. The monoisotopic (exact) mass is 317 g/mol. The number of anilines is 1. The van der Waals surface area contributed by atoms with Gasteiger partial charge < -0.3 is 4.90 Å². The van der Waals surface area contributed by atoms with Crippen LogP contribution in [0, 0.1) is 6.92 Å². The van der Waals surface area contributed by atoms with E-state index in [2.05, 4.69) is 20.4 Å². The molecule has 2 aromatic rings. The highest BCUT2D eigenvalue weighted by Crippen LogP contribution is 2.36. The summed E-state index contributed by atoms with van der Waals surface area (Å²) in [7, 11) is 1.88. The van der Waals surface area contributed by atoms with Crippen molar-refractivity contribution < 1.29 is 4.79 Å². The fourth-order valence-corrected chi connectivity index (χ4v) is 4.29. The number of carbonyl (C=O) groups excluding carboxylic acids is 1. The molecule has 116 valence electrons. The van der Waals surface area contributed by atoms with Crippen LogP contribution in [0.1, 0.15) is 23.5 Å². The van der Waals surface area contributed by atoms with Gasteiger partial charge in [-0.15, -0.1) is 11.3 Å². The lowest BCUT2D eigenvalue weighted by atomic mass is 10.1. The van der Waals surface area contributed by atoms with Gasteiger partial charge in [0, 0.05) is 44.2 Å². The van der Waals surface area contributed by atoms with Crippen molar-refractivity contribution in [1.29, 1.82) is 0 Å². The number of carbonyl (C=O) groups is 1. The highest BCUT2D eigenvalue weighted by Gasteiger charge is 2.47. The maximum Gasteiger partial charge on any atom is 0.229 e. The number of amides is 1. The summed E-state index contributed by atoms with van der Waals surface area (Å²) in [5.41, 5.74) is 2.04. The molecule has 0 saturated carbocycles. The van der Waals surface area contributed by atoms with Gasteiger partial charge >= 0.3 is 0 Å². The van der Waals surface area contributed by atoms with Crippen LogP contribution in [0.2, 0.25) is 0 Å². The van der Waals surface area contributed by atoms with Gasteiger partial charge in [-0.1, -0.05) is 0 Å². The first kappa shape index (κ1) is 13.9. The third kappa shape index (κ3) is 2.24. The standard InChI is InChI=1S/C15H19N5OS/c1-10-17-11(9-22-10)7-19-4-3-13-14(19)5-15(21)20(13)12-6-16-18(2)8-12/h6,8-9,13-14H,3-5,7H2,1-2H3/t13-,14-/m0/s1. The molecule has 2 atom stereocenters. The lowest BCUT2D eigenvalue weighted by molar-refractivity contribution is -0.117. The summed E-state index contributed by atoms with van der Waals surface area (Å²) in [5, 5.41) is 7.43. The van der Waals surface area contributed by atoms with E-state index < -0.39 is 0 Å². The lowest BCUT2D eigenvalue weighted by Gasteiger charge is -2.24. The molecule has 0 unspecified atom stereocenters. The smallest absolute Gasteiger partial charge is 0.229 e. The molecule has 2 fully saturated rings. The molecule has 0 bridgehead atoms. The summed E-state index contributed by atoms with van der Waals surface area (Å²) in [5.74, 6) is 0.210. The largest absolute Gasteiger partial charge is 0.305 e. The minimum atomic E-state index is 0.210. The Morgan fingerprint density at radius 3 is 2.95 bits per heavy atom. The van der Waals surface area contributed by atoms with Gasteiger partial charge in [0.2, 0.25) is 5.91 Å². The molecule has 0 aliphatic carbocycles. The van der Waals surface area contributed by atoms with Gasteiger partial charge in [0.05, 0.1) is 28.6 Å². The van der Waals surface area contributed by atoms with Gasteiger partial charge in [-0.2, -0.15) is 5.10 Å². The van der Waals surface area contributed by atoms with Gasteiger partial charge in [0.1, 0.15) is 0 Å². The van der Waals surface area contributed by atoms with Gasteiger partial charge in [0.25, 0.3) is 0 Å². The summed E-state index contributed by atoms with van der Waals surface area (Å²) in [4.78, 5) is 21.4. The van der Waals surface area contributed by atoms with Gasteiger partial charge in [-0.05, 0) is 13.3 Å². The number of hydrogen-bond acceptors (Lipinski definition) is 5. The lowest BCUT2D eigenvalue weighted by Crippen LogP contribution is -2.37. The summed E-state index contributed by atoms with van der Waals surface area (Å²) in [6.07, 6.45) is 5.33. The van der Waals surface area contributed by atoms with E-state index in [-0.39, 0.29) is 11.9 Å². The molecule has 2 saturated heterocycles. The number of rotatable bonds is 3. The van der Waals surface area contributed by atoms with Gasteiger partial charge in [0.15, 0.2) is 0 Å². The first-order valence-corrected chi connectivity index (χ1v) is 8.45. The van der Waals surface area contributed by atoms with E-state index in [0.29, 0.717) is 12.5 Å². The van der Waals surface area contributed by atoms with E-state index >= 15 is 0 Å². The quantitative estimate of drug-likeness (QED) is 0.862. The molecule has 0 N–H and O–H groups in total. The molecule has 0 aromatic carbocycles. The van der Waals surface area contributed by atoms with Crippen molar-refractivity contribution in [3.8, 4) is 0 Å². The SMILES string of the molecule is Cc1nc(CN2CC[C@H]3[C@@H]2CC(=O)N3c2cnn(C)c2)cs1. The van der Waals surface area contributed by atoms with Crippen LogP contribution in [-0.2, 0) is 18.4 Å². The molecule has 2 aromatic heterocycles. The number of aryl methyl sites for hydroxylation is 2. The normalized spacial score (nSPS) is 25.2. The predicted molar refractivity (Wildman–Crippen MR) is 84.8 cm³/mol. The third-order valence-corrected chi connectivity index (χ3v) is 5.43. The van der Waals surface area contributed by atoms with Crippen LogP contribution in [-0.4, -0.2) is 44.2 Å². The molecule has 4 rings (SSSR count). The number of likely N-dealkylation sites (tertiary alicyclic amines) is 1. The van der Waals surface area contributed by atoms with Crippen LogP contribution in [0.3, 0.4) is 0 Å². The zero-order chi connectivity index (χ0) is 15.3. The minimum absolute atomic E-state index is 0.210. The van der Waals surface area contributed by atoms with E-state index in [0.717, 1.165) is 35.9 Å². The first-order valence-electron chi connectivity index (χ1n) is 7.57. The third-order valence-electron chi connectivity index (χ3n) is 4.61. The van der Waals surface area contributed by atoms with E-state index in [1.54, 1.807) is 22.2 Å². The molecule has 4 heterocycles. The van der Waals surface area contributed by atoms with E-state index in [1.807, 2.05) is 25.1 Å². The molecular weight excluding hydrogens is 298 g/mol. The first-order chi connectivity index (χ1) is 10.6. The van der Waals surface area contributed by atoms with Crippen molar-refractivity contribution in [2.45, 2.75) is 38.4 Å². The van der Waals surface area contributed by atoms with Crippen molar-refractivity contribution in [2.75, 3.05) is 11.4 Å². The van der Waals surface area contributed by atoms with Gasteiger partial charge in [-0.25, -0.2) is 4.98 Å². The van der Waals surface area contributed by atoms with E-state index in [9.17, 15) is 4.79 Å². The Bertz CT molecular complexity index is 708. The minimum Gasteiger partial charge on any atom is -0.305 e. The van der Waals surface area contributed by atoms with Crippen LogP contribution in [0.5, 0.6) is 0 Å². The van der Waals surface area contributed by atoms with Crippen molar-refractivity contribution in [3.63, 3.8) is 0 Å². The Labute approximate surface area is 133 Å². The molecular formula is C15H19N5OS. The number of aromatic nitrogens is 3. The summed E-state index contributed by atoms with van der Waals surface area (Å²) >= 11 is 1.69. The summed E-state index contributed by atoms with van der Waals surface area (Å²) in [6, 6.07) is 0.575. The van der Waals surface area contributed by atoms with Crippen molar-refractivity contribution in [3.05, 3.63) is 28.5 Å².